The first-order valence-corrected chi connectivity index (χ1v) is 11.5. The van der Waals surface area contributed by atoms with E-state index in [1.165, 1.54) is 13.5 Å². The summed E-state index contributed by atoms with van der Waals surface area (Å²) >= 11 is 0. The molecule has 1 aliphatic heterocycles. The number of benzene rings is 2. The third kappa shape index (κ3) is 5.06. The second kappa shape index (κ2) is 9.81. The SMILES string of the molecule is COc1nc(Oc2cccc(/C=C(\C#N)c3nc4ccc(C)cc4[nH]3)c2)nc(N2CCCCC2)n1. The average molecular weight is 468 g/mol. The predicted octanol–water partition coefficient (Wildman–Crippen LogP) is 4.91. The molecule has 4 aromatic rings. The maximum Gasteiger partial charge on any atom is 0.330 e. The Balaban J connectivity index is 1.41. The van der Waals surface area contributed by atoms with Gasteiger partial charge in [-0.3, -0.25) is 0 Å². The molecule has 1 saturated heterocycles. The number of aromatic amines is 1. The van der Waals surface area contributed by atoms with Crippen molar-refractivity contribution < 1.29 is 9.47 Å². The molecule has 0 amide bonds. The summed E-state index contributed by atoms with van der Waals surface area (Å²) in [6, 6.07) is 15.9. The average Bonchev–Trinajstić information content (AvgIpc) is 3.31. The molecule has 0 saturated carbocycles. The zero-order chi connectivity index (χ0) is 24.2. The van der Waals surface area contributed by atoms with E-state index in [0.717, 1.165) is 48.1 Å². The number of H-pyrrole nitrogens is 1. The van der Waals surface area contributed by atoms with E-state index in [0.29, 0.717) is 23.1 Å². The quantitative estimate of drug-likeness (QED) is 0.398. The van der Waals surface area contributed by atoms with Gasteiger partial charge in [-0.25, -0.2) is 4.98 Å². The maximum absolute atomic E-state index is 9.78. The number of hydrogen-bond acceptors (Lipinski definition) is 8. The van der Waals surface area contributed by atoms with Crippen molar-refractivity contribution in [1.29, 1.82) is 5.26 Å². The molecule has 0 spiro atoms. The van der Waals surface area contributed by atoms with Crippen LogP contribution in [0.4, 0.5) is 5.95 Å². The van der Waals surface area contributed by atoms with Crippen molar-refractivity contribution >= 4 is 28.6 Å². The lowest BCUT2D eigenvalue weighted by Gasteiger charge is -2.26. The molecule has 35 heavy (non-hydrogen) atoms. The first-order valence-electron chi connectivity index (χ1n) is 11.5. The molecular weight excluding hydrogens is 442 g/mol. The molecule has 0 radical (unpaired) electrons. The zero-order valence-electron chi connectivity index (χ0n) is 19.7. The summed E-state index contributed by atoms with van der Waals surface area (Å²) in [7, 11) is 1.52. The second-order valence-corrected chi connectivity index (χ2v) is 8.40. The summed E-state index contributed by atoms with van der Waals surface area (Å²) in [5, 5.41) is 9.78. The fourth-order valence-corrected chi connectivity index (χ4v) is 4.04. The van der Waals surface area contributed by atoms with Crippen LogP contribution in [0.5, 0.6) is 17.8 Å². The van der Waals surface area contributed by atoms with E-state index in [1.807, 2.05) is 49.4 Å². The summed E-state index contributed by atoms with van der Waals surface area (Å²) in [5.74, 6) is 1.61. The van der Waals surface area contributed by atoms with Gasteiger partial charge in [0.25, 0.3) is 0 Å². The predicted molar refractivity (Wildman–Crippen MR) is 133 cm³/mol. The Hall–Kier alpha value is -4.45. The van der Waals surface area contributed by atoms with Gasteiger partial charge in [0.15, 0.2) is 0 Å². The molecule has 5 rings (SSSR count). The molecule has 2 aromatic carbocycles. The molecule has 0 atom stereocenters. The molecular formula is C26H25N7O2. The van der Waals surface area contributed by atoms with Gasteiger partial charge in [0.2, 0.25) is 5.95 Å². The van der Waals surface area contributed by atoms with Crippen LogP contribution in [0.2, 0.25) is 0 Å². The van der Waals surface area contributed by atoms with Crippen LogP contribution in [-0.2, 0) is 0 Å². The number of rotatable bonds is 6. The van der Waals surface area contributed by atoms with Gasteiger partial charge >= 0.3 is 12.0 Å². The molecule has 1 fully saturated rings. The van der Waals surface area contributed by atoms with E-state index in [2.05, 4.69) is 35.9 Å². The van der Waals surface area contributed by atoms with E-state index in [9.17, 15) is 5.26 Å². The Bertz CT molecular complexity index is 1430. The van der Waals surface area contributed by atoms with Crippen molar-refractivity contribution in [1.82, 2.24) is 24.9 Å². The van der Waals surface area contributed by atoms with Crippen molar-refractivity contribution in [3.63, 3.8) is 0 Å². The molecule has 1 N–H and O–H groups in total. The van der Waals surface area contributed by atoms with Crippen molar-refractivity contribution in [2.75, 3.05) is 25.1 Å². The topological polar surface area (TPSA) is 113 Å². The summed E-state index contributed by atoms with van der Waals surface area (Å²) < 4.78 is 11.2. The minimum absolute atomic E-state index is 0.159. The summed E-state index contributed by atoms with van der Waals surface area (Å²) in [5.41, 5.74) is 4.04. The highest BCUT2D eigenvalue weighted by atomic mass is 16.5. The van der Waals surface area contributed by atoms with E-state index >= 15 is 0 Å². The number of aryl methyl sites for hydroxylation is 1. The number of nitriles is 1. The number of imidazole rings is 1. The Kier molecular flexibility index (Phi) is 6.26. The second-order valence-electron chi connectivity index (χ2n) is 8.40. The first-order chi connectivity index (χ1) is 17.1. The summed E-state index contributed by atoms with van der Waals surface area (Å²) in [6.07, 6.45) is 5.18. The fourth-order valence-electron chi connectivity index (χ4n) is 4.04. The van der Waals surface area contributed by atoms with Gasteiger partial charge in [0.1, 0.15) is 17.6 Å². The van der Waals surface area contributed by atoms with Crippen LogP contribution in [0.3, 0.4) is 0 Å². The number of fused-ring (bicyclic) bond motifs is 1. The minimum Gasteiger partial charge on any atom is -0.467 e. The first kappa shape index (κ1) is 22.3. The van der Waals surface area contributed by atoms with E-state index in [-0.39, 0.29) is 12.0 Å². The van der Waals surface area contributed by atoms with Crippen molar-refractivity contribution in [3.8, 4) is 23.8 Å². The number of anilines is 1. The number of hydrogen-bond donors (Lipinski definition) is 1. The lowest BCUT2D eigenvalue weighted by Crippen LogP contribution is -2.31. The molecule has 9 nitrogen and oxygen atoms in total. The number of nitrogens with one attached hydrogen (secondary N) is 1. The molecule has 9 heteroatoms. The minimum atomic E-state index is 0.159. The largest absolute Gasteiger partial charge is 0.467 e. The monoisotopic (exact) mass is 467 g/mol. The van der Waals surface area contributed by atoms with Crippen LogP contribution in [0, 0.1) is 18.3 Å². The number of aromatic nitrogens is 5. The lowest BCUT2D eigenvalue weighted by atomic mass is 10.1. The molecule has 176 valence electrons. The summed E-state index contributed by atoms with van der Waals surface area (Å²) in [6.45, 7) is 3.81. The van der Waals surface area contributed by atoms with Crippen LogP contribution in [-0.4, -0.2) is 45.1 Å². The van der Waals surface area contributed by atoms with Gasteiger partial charge in [0.05, 0.1) is 23.7 Å². The molecule has 2 aromatic heterocycles. The fraction of sp³-hybridized carbons (Fsp3) is 0.269. The van der Waals surface area contributed by atoms with Gasteiger partial charge < -0.3 is 19.4 Å². The Morgan fingerprint density at radius 3 is 2.66 bits per heavy atom. The third-order valence-electron chi connectivity index (χ3n) is 5.80. The number of allylic oxidation sites excluding steroid dienone is 1. The van der Waals surface area contributed by atoms with Crippen molar-refractivity contribution in [3.05, 3.63) is 59.4 Å². The van der Waals surface area contributed by atoms with Crippen LogP contribution >= 0.6 is 0 Å². The molecule has 0 bridgehead atoms. The van der Waals surface area contributed by atoms with Crippen LogP contribution in [0.15, 0.2) is 42.5 Å². The highest BCUT2D eigenvalue weighted by Crippen LogP contribution is 2.26. The number of methoxy groups -OCH3 is 1. The molecule has 3 heterocycles. The van der Waals surface area contributed by atoms with Crippen LogP contribution in [0.25, 0.3) is 22.7 Å². The molecule has 1 aliphatic rings. The maximum atomic E-state index is 9.78. The zero-order valence-corrected chi connectivity index (χ0v) is 19.7. The Morgan fingerprint density at radius 2 is 1.86 bits per heavy atom. The van der Waals surface area contributed by atoms with Gasteiger partial charge in [-0.05, 0) is 67.7 Å². The van der Waals surface area contributed by atoms with E-state index in [1.54, 1.807) is 6.08 Å². The molecule has 0 aliphatic carbocycles. The normalized spacial score (nSPS) is 14.1. The Morgan fingerprint density at radius 1 is 1.03 bits per heavy atom. The summed E-state index contributed by atoms with van der Waals surface area (Å²) in [4.78, 5) is 23.1. The van der Waals surface area contributed by atoms with Crippen molar-refractivity contribution in [2.45, 2.75) is 26.2 Å². The lowest BCUT2D eigenvalue weighted by molar-refractivity contribution is 0.358. The highest BCUT2D eigenvalue weighted by molar-refractivity contribution is 5.90. The van der Waals surface area contributed by atoms with Gasteiger partial charge in [-0.2, -0.15) is 15.2 Å². The third-order valence-corrected chi connectivity index (χ3v) is 5.80. The van der Waals surface area contributed by atoms with E-state index < -0.39 is 0 Å². The van der Waals surface area contributed by atoms with Gasteiger partial charge in [-0.15, -0.1) is 4.98 Å². The van der Waals surface area contributed by atoms with E-state index in [4.69, 9.17) is 9.47 Å². The van der Waals surface area contributed by atoms with Crippen LogP contribution < -0.4 is 14.4 Å². The van der Waals surface area contributed by atoms with Crippen molar-refractivity contribution in [2.24, 2.45) is 0 Å². The van der Waals surface area contributed by atoms with Gasteiger partial charge in [-0.1, -0.05) is 18.2 Å². The van der Waals surface area contributed by atoms with Crippen LogP contribution in [0.1, 0.15) is 36.2 Å². The smallest absolute Gasteiger partial charge is 0.330 e. The highest BCUT2D eigenvalue weighted by Gasteiger charge is 2.17. The standard InChI is InChI=1S/C26H25N7O2/c1-17-9-10-21-22(13-17)29-23(28-21)19(16-27)14-18-7-6-8-20(15-18)35-26-31-24(30-25(32-26)34-2)33-11-4-3-5-12-33/h6-10,13-15H,3-5,11-12H2,1-2H3,(H,28,29)/b19-14+. The number of ether oxygens (including phenoxy) is 2. The number of piperidine rings is 1. The van der Waals surface area contributed by atoms with Gasteiger partial charge in [0, 0.05) is 13.1 Å². The number of nitrogens with zero attached hydrogens (tertiary/aromatic N) is 6. The Labute approximate surface area is 203 Å². The molecule has 0 unspecified atom stereocenters.